The maximum Gasteiger partial charge on any atom is 0.227 e. The molecule has 1 saturated heterocycles. The molecule has 0 aliphatic carbocycles. The summed E-state index contributed by atoms with van der Waals surface area (Å²) in [5.41, 5.74) is 7.97. The fraction of sp³-hybridized carbons (Fsp3) is 0.467. The zero-order valence-electron chi connectivity index (χ0n) is 11.3. The molecular formula is C15H20N2OS. The topological polar surface area (TPSA) is 46.3 Å². The van der Waals surface area contributed by atoms with Crippen LogP contribution in [0.3, 0.4) is 0 Å². The molecular weight excluding hydrogens is 256 g/mol. The van der Waals surface area contributed by atoms with Crippen LogP contribution in [-0.4, -0.2) is 28.9 Å². The fourth-order valence-electron chi connectivity index (χ4n) is 2.52. The van der Waals surface area contributed by atoms with Gasteiger partial charge in [-0.1, -0.05) is 36.5 Å². The summed E-state index contributed by atoms with van der Waals surface area (Å²) < 4.78 is 0. The number of thiocarbonyl (C=S) groups is 1. The summed E-state index contributed by atoms with van der Waals surface area (Å²) >= 11 is 5.05. The van der Waals surface area contributed by atoms with Crippen LogP contribution in [-0.2, 0) is 11.2 Å². The van der Waals surface area contributed by atoms with E-state index in [1.807, 2.05) is 36.1 Å². The molecule has 102 valence electrons. The van der Waals surface area contributed by atoms with Crippen LogP contribution in [0.15, 0.2) is 24.3 Å². The second kappa shape index (κ2) is 6.15. The molecule has 2 N–H and O–H groups in total. The highest BCUT2D eigenvalue weighted by Gasteiger charge is 2.25. The average Bonchev–Trinajstić information content (AvgIpc) is 2.41. The first kappa shape index (κ1) is 14.0. The van der Waals surface area contributed by atoms with E-state index in [0.717, 1.165) is 24.9 Å². The largest absolute Gasteiger partial charge is 0.393 e. The molecule has 4 heteroatoms. The van der Waals surface area contributed by atoms with E-state index in [0.29, 0.717) is 18.0 Å². The molecule has 1 aromatic carbocycles. The fourth-order valence-corrected chi connectivity index (χ4v) is 2.71. The number of aryl methyl sites for hydroxylation is 1. The molecule has 0 bridgehead atoms. The van der Waals surface area contributed by atoms with Crippen molar-refractivity contribution in [3.05, 3.63) is 35.4 Å². The lowest BCUT2D eigenvalue weighted by Crippen LogP contribution is -2.44. The first-order valence-electron chi connectivity index (χ1n) is 6.69. The minimum Gasteiger partial charge on any atom is -0.393 e. The zero-order chi connectivity index (χ0) is 13.8. The lowest BCUT2D eigenvalue weighted by atomic mass is 9.97. The van der Waals surface area contributed by atoms with Crippen molar-refractivity contribution in [2.45, 2.75) is 26.2 Å². The van der Waals surface area contributed by atoms with Gasteiger partial charge in [0.2, 0.25) is 5.91 Å². The van der Waals surface area contributed by atoms with Crippen LogP contribution in [0.1, 0.15) is 24.0 Å². The van der Waals surface area contributed by atoms with Gasteiger partial charge in [0.05, 0.1) is 11.4 Å². The molecule has 1 atom stereocenters. The van der Waals surface area contributed by atoms with Crippen LogP contribution in [0.25, 0.3) is 0 Å². The van der Waals surface area contributed by atoms with Crippen LogP contribution in [0.2, 0.25) is 0 Å². The number of likely N-dealkylation sites (tertiary alicyclic amines) is 1. The summed E-state index contributed by atoms with van der Waals surface area (Å²) in [7, 11) is 0. The Morgan fingerprint density at radius 2 is 2.21 bits per heavy atom. The summed E-state index contributed by atoms with van der Waals surface area (Å²) in [6, 6.07) is 8.02. The second-order valence-electron chi connectivity index (χ2n) is 5.18. The second-order valence-corrected chi connectivity index (χ2v) is 5.66. The zero-order valence-corrected chi connectivity index (χ0v) is 12.1. The first-order valence-corrected chi connectivity index (χ1v) is 7.10. The lowest BCUT2D eigenvalue weighted by Gasteiger charge is -2.32. The number of hydrogen-bond donors (Lipinski definition) is 1. The number of nitrogens with zero attached hydrogens (tertiary/aromatic N) is 1. The van der Waals surface area contributed by atoms with E-state index in [-0.39, 0.29) is 11.8 Å². The van der Waals surface area contributed by atoms with Crippen LogP contribution < -0.4 is 5.73 Å². The standard InChI is InChI=1S/C15H20N2OS/c1-11-5-2-3-6-12(11)9-14(18)17-8-4-7-13(10-17)15(16)19/h2-3,5-6,13H,4,7-10H2,1H3,(H2,16,19). The third kappa shape index (κ3) is 3.53. The van der Waals surface area contributed by atoms with E-state index >= 15 is 0 Å². The molecule has 0 spiro atoms. The van der Waals surface area contributed by atoms with Crippen molar-refractivity contribution in [1.29, 1.82) is 0 Å². The molecule has 19 heavy (non-hydrogen) atoms. The van der Waals surface area contributed by atoms with Crippen LogP contribution in [0.5, 0.6) is 0 Å². The maximum atomic E-state index is 12.3. The predicted molar refractivity (Wildman–Crippen MR) is 81.0 cm³/mol. The minimum absolute atomic E-state index is 0.176. The van der Waals surface area contributed by atoms with Gasteiger partial charge in [-0.15, -0.1) is 0 Å². The van der Waals surface area contributed by atoms with Crippen molar-refractivity contribution in [3.63, 3.8) is 0 Å². The lowest BCUT2D eigenvalue weighted by molar-refractivity contribution is -0.131. The van der Waals surface area contributed by atoms with Crippen LogP contribution in [0, 0.1) is 12.8 Å². The Labute approximate surface area is 119 Å². The summed E-state index contributed by atoms with van der Waals surface area (Å²) in [4.78, 5) is 14.8. The Balaban J connectivity index is 2.00. The van der Waals surface area contributed by atoms with Gasteiger partial charge in [0.25, 0.3) is 0 Å². The molecule has 0 saturated carbocycles. The Hall–Kier alpha value is -1.42. The summed E-state index contributed by atoms with van der Waals surface area (Å²) in [5.74, 6) is 0.361. The number of rotatable bonds is 3. The highest BCUT2D eigenvalue weighted by Crippen LogP contribution is 2.18. The van der Waals surface area contributed by atoms with Crippen LogP contribution >= 0.6 is 12.2 Å². The molecule has 1 aliphatic heterocycles. The van der Waals surface area contributed by atoms with Crippen molar-refractivity contribution >= 4 is 23.1 Å². The van der Waals surface area contributed by atoms with E-state index < -0.39 is 0 Å². The van der Waals surface area contributed by atoms with Gasteiger partial charge in [-0.05, 0) is 30.9 Å². The molecule has 2 rings (SSSR count). The van der Waals surface area contributed by atoms with E-state index in [1.165, 1.54) is 5.56 Å². The smallest absolute Gasteiger partial charge is 0.227 e. The normalized spacial score (nSPS) is 19.2. The molecule has 1 unspecified atom stereocenters. The summed E-state index contributed by atoms with van der Waals surface area (Å²) in [5, 5.41) is 0. The van der Waals surface area contributed by atoms with Gasteiger partial charge in [0.15, 0.2) is 0 Å². The molecule has 0 radical (unpaired) electrons. The SMILES string of the molecule is Cc1ccccc1CC(=O)N1CCCC(C(N)=S)C1. The quantitative estimate of drug-likeness (QED) is 0.860. The first-order chi connectivity index (χ1) is 9.08. The van der Waals surface area contributed by atoms with Gasteiger partial charge in [-0.3, -0.25) is 4.79 Å². The Morgan fingerprint density at radius 1 is 1.47 bits per heavy atom. The Morgan fingerprint density at radius 3 is 2.89 bits per heavy atom. The Bertz CT molecular complexity index is 487. The number of nitrogens with two attached hydrogens (primary N) is 1. The third-order valence-electron chi connectivity index (χ3n) is 3.78. The predicted octanol–water partition coefficient (Wildman–Crippen LogP) is 2.06. The number of hydrogen-bond acceptors (Lipinski definition) is 2. The van der Waals surface area contributed by atoms with Crippen molar-refractivity contribution in [3.8, 4) is 0 Å². The number of piperidine rings is 1. The summed E-state index contributed by atoms with van der Waals surface area (Å²) in [6.07, 6.45) is 2.46. The van der Waals surface area contributed by atoms with Crippen molar-refractivity contribution < 1.29 is 4.79 Å². The number of carbonyl (C=O) groups excluding carboxylic acids is 1. The third-order valence-corrected chi connectivity index (χ3v) is 4.11. The monoisotopic (exact) mass is 276 g/mol. The van der Waals surface area contributed by atoms with Crippen LogP contribution in [0.4, 0.5) is 0 Å². The average molecular weight is 276 g/mol. The maximum absolute atomic E-state index is 12.3. The van der Waals surface area contributed by atoms with Gasteiger partial charge in [-0.2, -0.15) is 0 Å². The highest BCUT2D eigenvalue weighted by atomic mass is 32.1. The number of benzene rings is 1. The van der Waals surface area contributed by atoms with E-state index in [1.54, 1.807) is 0 Å². The molecule has 1 aromatic rings. The number of carbonyl (C=O) groups is 1. The van der Waals surface area contributed by atoms with Gasteiger partial charge >= 0.3 is 0 Å². The molecule has 3 nitrogen and oxygen atoms in total. The van der Waals surface area contributed by atoms with Gasteiger partial charge < -0.3 is 10.6 Å². The van der Waals surface area contributed by atoms with E-state index in [4.69, 9.17) is 18.0 Å². The Kier molecular flexibility index (Phi) is 4.53. The van der Waals surface area contributed by atoms with Crippen molar-refractivity contribution in [2.24, 2.45) is 11.7 Å². The van der Waals surface area contributed by atoms with Gasteiger partial charge in [-0.25, -0.2) is 0 Å². The molecule has 1 aliphatic rings. The van der Waals surface area contributed by atoms with Crippen molar-refractivity contribution in [2.75, 3.05) is 13.1 Å². The van der Waals surface area contributed by atoms with Crippen molar-refractivity contribution in [1.82, 2.24) is 4.90 Å². The molecule has 1 heterocycles. The molecule has 1 amide bonds. The molecule has 0 aromatic heterocycles. The number of amides is 1. The van der Waals surface area contributed by atoms with Gasteiger partial charge in [0.1, 0.15) is 0 Å². The van der Waals surface area contributed by atoms with E-state index in [2.05, 4.69) is 0 Å². The van der Waals surface area contributed by atoms with E-state index in [9.17, 15) is 4.79 Å². The van der Waals surface area contributed by atoms with Gasteiger partial charge in [0, 0.05) is 19.0 Å². The summed E-state index contributed by atoms with van der Waals surface area (Å²) in [6.45, 7) is 3.54. The molecule has 1 fully saturated rings. The highest BCUT2D eigenvalue weighted by molar-refractivity contribution is 7.80. The minimum atomic E-state index is 0.176.